The first-order valence-corrected chi connectivity index (χ1v) is 10.1. The number of benzene rings is 2. The molecule has 4 aromatic rings. The van der Waals surface area contributed by atoms with E-state index in [0.29, 0.717) is 11.8 Å². The minimum atomic E-state index is -0.0406. The fourth-order valence-corrected chi connectivity index (χ4v) is 3.70. The Balaban J connectivity index is 2.07. The van der Waals surface area contributed by atoms with E-state index >= 15 is 0 Å². The van der Waals surface area contributed by atoms with Crippen molar-refractivity contribution in [1.82, 2.24) is 14.5 Å². The molecule has 2 aromatic carbocycles. The molecule has 0 aliphatic heterocycles. The number of pyridine rings is 1. The van der Waals surface area contributed by atoms with Gasteiger partial charge in [0, 0.05) is 12.6 Å². The molecule has 2 aromatic heterocycles. The largest absolute Gasteiger partial charge is 0.268 e. The van der Waals surface area contributed by atoms with Crippen LogP contribution in [0.1, 0.15) is 12.7 Å². The number of para-hydroxylation sites is 1. The molecule has 0 bridgehead atoms. The highest BCUT2D eigenvalue weighted by atomic mass is 32.2. The zero-order valence-corrected chi connectivity index (χ0v) is 16.0. The summed E-state index contributed by atoms with van der Waals surface area (Å²) in [6.07, 6.45) is 4.45. The normalized spacial score (nSPS) is 11.0. The summed E-state index contributed by atoms with van der Waals surface area (Å²) in [6.45, 7) is 2.02. The van der Waals surface area contributed by atoms with E-state index in [1.54, 1.807) is 22.5 Å². The van der Waals surface area contributed by atoms with Crippen LogP contribution in [0.3, 0.4) is 0 Å². The van der Waals surface area contributed by atoms with Gasteiger partial charge in [-0.3, -0.25) is 9.36 Å². The zero-order chi connectivity index (χ0) is 18.8. The third kappa shape index (κ3) is 3.15. The summed E-state index contributed by atoms with van der Waals surface area (Å²) < 4.78 is 1.72. The lowest BCUT2D eigenvalue weighted by Gasteiger charge is -2.14. The number of aromatic nitrogens is 3. The maximum atomic E-state index is 13.6. The second kappa shape index (κ2) is 7.37. The lowest BCUT2D eigenvalue weighted by molar-refractivity contribution is 0.833. The molecule has 0 N–H and O–H groups in total. The van der Waals surface area contributed by atoms with Gasteiger partial charge in [-0.2, -0.15) is 0 Å². The van der Waals surface area contributed by atoms with Crippen LogP contribution < -0.4 is 5.56 Å². The molecule has 0 radical (unpaired) electrons. The Hall–Kier alpha value is -2.92. The predicted octanol–water partition coefficient (Wildman–Crippen LogP) is 4.73. The first-order valence-electron chi connectivity index (χ1n) is 8.83. The molecule has 27 heavy (non-hydrogen) atoms. The molecule has 0 fully saturated rings. The van der Waals surface area contributed by atoms with Gasteiger partial charge in [0.1, 0.15) is 5.82 Å². The van der Waals surface area contributed by atoms with Gasteiger partial charge in [-0.05, 0) is 47.7 Å². The van der Waals surface area contributed by atoms with E-state index in [-0.39, 0.29) is 5.56 Å². The highest BCUT2D eigenvalue weighted by Gasteiger charge is 2.15. The highest BCUT2D eigenvalue weighted by molar-refractivity contribution is 7.98. The third-order valence-electron chi connectivity index (χ3n) is 4.55. The molecule has 0 unspecified atom stereocenters. The molecular formula is C22H19N3OS. The molecule has 134 valence electrons. The second-order valence-electron chi connectivity index (χ2n) is 6.14. The van der Waals surface area contributed by atoms with Crippen LogP contribution in [0.2, 0.25) is 0 Å². The van der Waals surface area contributed by atoms with Crippen molar-refractivity contribution >= 4 is 22.7 Å². The number of thioether (sulfide) groups is 1. The molecule has 4 nitrogen and oxygen atoms in total. The van der Waals surface area contributed by atoms with Crippen molar-refractivity contribution in [3.05, 3.63) is 83.0 Å². The van der Waals surface area contributed by atoms with Crippen LogP contribution in [0, 0.1) is 0 Å². The Kier molecular flexibility index (Phi) is 4.77. The molecular weight excluding hydrogens is 354 g/mol. The van der Waals surface area contributed by atoms with Crippen LogP contribution in [-0.4, -0.2) is 20.8 Å². The van der Waals surface area contributed by atoms with Gasteiger partial charge < -0.3 is 0 Å². The lowest BCUT2D eigenvalue weighted by Crippen LogP contribution is -2.24. The summed E-state index contributed by atoms with van der Waals surface area (Å²) in [5.74, 6) is 0.760. The monoisotopic (exact) mass is 373 g/mol. The number of fused-ring (bicyclic) bond motifs is 1. The van der Waals surface area contributed by atoms with Crippen LogP contribution in [0.5, 0.6) is 0 Å². The SMILES string of the molecule is CCc1nc2cccc(-c3ccnc(SC)c3)c2c(=O)n1-c1ccccc1. The van der Waals surface area contributed by atoms with Gasteiger partial charge in [-0.15, -0.1) is 11.8 Å². The Morgan fingerprint density at radius 2 is 1.85 bits per heavy atom. The van der Waals surface area contributed by atoms with Crippen LogP contribution in [-0.2, 0) is 6.42 Å². The van der Waals surface area contributed by atoms with E-state index in [9.17, 15) is 4.79 Å². The molecule has 0 saturated carbocycles. The van der Waals surface area contributed by atoms with Gasteiger partial charge in [0.05, 0.1) is 21.6 Å². The number of rotatable bonds is 4. The molecule has 5 heteroatoms. The topological polar surface area (TPSA) is 47.8 Å². The van der Waals surface area contributed by atoms with E-state index in [4.69, 9.17) is 4.98 Å². The third-order valence-corrected chi connectivity index (χ3v) is 5.19. The first kappa shape index (κ1) is 17.5. The minimum absolute atomic E-state index is 0.0406. The fourth-order valence-electron chi connectivity index (χ4n) is 3.29. The van der Waals surface area contributed by atoms with Crippen molar-refractivity contribution in [3.8, 4) is 16.8 Å². The summed E-state index contributed by atoms with van der Waals surface area (Å²) in [5.41, 5.74) is 3.38. The molecule has 0 spiro atoms. The van der Waals surface area contributed by atoms with Gasteiger partial charge in [0.15, 0.2) is 0 Å². The van der Waals surface area contributed by atoms with Gasteiger partial charge in [-0.1, -0.05) is 37.3 Å². The van der Waals surface area contributed by atoms with Crippen LogP contribution >= 0.6 is 11.8 Å². The summed E-state index contributed by atoms with van der Waals surface area (Å²) in [6, 6.07) is 19.5. The Bertz CT molecular complexity index is 1170. The average Bonchev–Trinajstić information content (AvgIpc) is 2.73. The van der Waals surface area contributed by atoms with Gasteiger partial charge >= 0.3 is 0 Å². The predicted molar refractivity (Wildman–Crippen MR) is 112 cm³/mol. The quantitative estimate of drug-likeness (QED) is 0.485. The maximum Gasteiger partial charge on any atom is 0.266 e. The fraction of sp³-hybridized carbons (Fsp3) is 0.136. The number of hydrogen-bond acceptors (Lipinski definition) is 4. The summed E-state index contributed by atoms with van der Waals surface area (Å²) >= 11 is 1.58. The van der Waals surface area contributed by atoms with E-state index in [2.05, 4.69) is 4.98 Å². The van der Waals surface area contributed by atoms with Crippen molar-refractivity contribution in [1.29, 1.82) is 0 Å². The van der Waals surface area contributed by atoms with Crippen molar-refractivity contribution in [2.45, 2.75) is 18.4 Å². The van der Waals surface area contributed by atoms with Crippen molar-refractivity contribution < 1.29 is 0 Å². The van der Waals surface area contributed by atoms with E-state index in [1.165, 1.54) is 0 Å². The maximum absolute atomic E-state index is 13.6. The van der Waals surface area contributed by atoms with E-state index in [0.717, 1.165) is 33.2 Å². The molecule has 4 rings (SSSR count). The number of nitrogens with zero attached hydrogens (tertiary/aromatic N) is 3. The lowest BCUT2D eigenvalue weighted by atomic mass is 10.0. The Morgan fingerprint density at radius 3 is 2.59 bits per heavy atom. The van der Waals surface area contributed by atoms with Gasteiger partial charge in [-0.25, -0.2) is 9.97 Å². The second-order valence-corrected chi connectivity index (χ2v) is 6.97. The smallest absolute Gasteiger partial charge is 0.266 e. The van der Waals surface area contributed by atoms with Crippen LogP contribution in [0.4, 0.5) is 0 Å². The van der Waals surface area contributed by atoms with Crippen LogP contribution in [0.15, 0.2) is 76.7 Å². The Labute approximate surface area is 161 Å². The molecule has 0 aliphatic rings. The molecule has 0 amide bonds. The minimum Gasteiger partial charge on any atom is -0.268 e. The van der Waals surface area contributed by atoms with Gasteiger partial charge in [0.2, 0.25) is 0 Å². The molecule has 2 heterocycles. The zero-order valence-electron chi connectivity index (χ0n) is 15.2. The van der Waals surface area contributed by atoms with Crippen molar-refractivity contribution in [2.75, 3.05) is 6.26 Å². The van der Waals surface area contributed by atoms with E-state index in [1.807, 2.05) is 73.8 Å². The van der Waals surface area contributed by atoms with Crippen molar-refractivity contribution in [3.63, 3.8) is 0 Å². The van der Waals surface area contributed by atoms with Crippen molar-refractivity contribution in [2.24, 2.45) is 0 Å². The highest BCUT2D eigenvalue weighted by Crippen LogP contribution is 2.28. The summed E-state index contributed by atoms with van der Waals surface area (Å²) in [5, 5.41) is 1.56. The molecule has 0 saturated heterocycles. The molecule has 0 aliphatic carbocycles. The summed E-state index contributed by atoms with van der Waals surface area (Å²) in [4.78, 5) is 22.7. The summed E-state index contributed by atoms with van der Waals surface area (Å²) in [7, 11) is 0. The molecule has 0 atom stereocenters. The first-order chi connectivity index (χ1) is 13.2. The van der Waals surface area contributed by atoms with E-state index < -0.39 is 0 Å². The average molecular weight is 373 g/mol. The van der Waals surface area contributed by atoms with Gasteiger partial charge in [0.25, 0.3) is 5.56 Å². The number of aryl methyl sites for hydroxylation is 1. The Morgan fingerprint density at radius 1 is 1.04 bits per heavy atom. The number of hydrogen-bond donors (Lipinski definition) is 0. The standard InChI is InChI=1S/C22H19N3OS/c1-3-19-24-18-11-7-10-17(15-12-13-23-20(14-15)27-2)21(18)22(26)25(19)16-8-5-4-6-9-16/h4-14H,3H2,1-2H3. The van der Waals surface area contributed by atoms with Crippen LogP contribution in [0.25, 0.3) is 27.7 Å².